The minimum absolute atomic E-state index is 0.225. The van der Waals surface area contributed by atoms with Gasteiger partial charge < -0.3 is 29.0 Å². The fourth-order valence-electron chi connectivity index (χ4n) is 3.34. The lowest BCUT2D eigenvalue weighted by Crippen LogP contribution is -2.31. The predicted molar refractivity (Wildman–Crippen MR) is 130 cm³/mol. The Morgan fingerprint density at radius 2 is 1.51 bits per heavy atom. The fourth-order valence-corrected chi connectivity index (χ4v) is 3.34. The first-order valence-corrected chi connectivity index (χ1v) is 11.1. The highest BCUT2D eigenvalue weighted by Crippen LogP contribution is 2.29. The van der Waals surface area contributed by atoms with Crippen LogP contribution in [0.15, 0.2) is 72.8 Å². The van der Waals surface area contributed by atoms with Crippen LogP contribution in [-0.2, 0) is 9.53 Å². The van der Waals surface area contributed by atoms with Crippen LogP contribution in [0.3, 0.4) is 0 Å². The van der Waals surface area contributed by atoms with Gasteiger partial charge in [-0.25, -0.2) is 4.79 Å². The largest absolute Gasteiger partial charge is 0.497 e. The lowest BCUT2D eigenvalue weighted by Gasteiger charge is -2.18. The first-order valence-electron chi connectivity index (χ1n) is 11.1. The predicted octanol–water partition coefficient (Wildman–Crippen LogP) is 4.20. The van der Waals surface area contributed by atoms with Gasteiger partial charge in [0.25, 0.3) is 5.91 Å². The van der Waals surface area contributed by atoms with Crippen LogP contribution >= 0.6 is 0 Å². The van der Waals surface area contributed by atoms with Gasteiger partial charge in [-0.05, 0) is 49.4 Å². The zero-order valence-corrected chi connectivity index (χ0v) is 20.0. The summed E-state index contributed by atoms with van der Waals surface area (Å²) in [5, 5.41) is 2.80. The van der Waals surface area contributed by atoms with E-state index in [-0.39, 0.29) is 12.2 Å². The van der Waals surface area contributed by atoms with Crippen LogP contribution in [0, 0.1) is 0 Å². The number of amides is 1. The molecule has 1 atom stereocenters. The highest BCUT2D eigenvalue weighted by molar-refractivity contribution is 5.94. The van der Waals surface area contributed by atoms with Crippen LogP contribution in [0.4, 0.5) is 0 Å². The molecule has 3 aromatic rings. The van der Waals surface area contributed by atoms with E-state index in [0.717, 1.165) is 11.3 Å². The van der Waals surface area contributed by atoms with E-state index < -0.39 is 24.5 Å². The topological polar surface area (TPSA) is 92.3 Å². The molecule has 0 saturated heterocycles. The number of carbonyl (C=O) groups excluding carboxylic acids is 2. The van der Waals surface area contributed by atoms with Crippen molar-refractivity contribution < 1.29 is 33.3 Å². The Labute approximate surface area is 204 Å². The number of hydrogen-bond donors (Lipinski definition) is 1. The molecule has 0 heterocycles. The van der Waals surface area contributed by atoms with Crippen molar-refractivity contribution in [2.24, 2.45) is 0 Å². The molecule has 3 rings (SSSR count). The van der Waals surface area contributed by atoms with Gasteiger partial charge in [0.1, 0.15) is 41.8 Å². The Morgan fingerprint density at radius 1 is 0.800 bits per heavy atom. The van der Waals surface area contributed by atoms with Crippen molar-refractivity contribution in [2.45, 2.75) is 13.0 Å². The van der Waals surface area contributed by atoms with E-state index in [1.54, 1.807) is 63.6 Å². The maximum absolute atomic E-state index is 12.6. The molecule has 0 aliphatic carbocycles. The van der Waals surface area contributed by atoms with Gasteiger partial charge in [0.15, 0.2) is 6.61 Å². The number of benzene rings is 3. The molecule has 0 saturated carbocycles. The van der Waals surface area contributed by atoms with E-state index in [0.29, 0.717) is 23.9 Å². The smallest absolute Gasteiger partial charge is 0.342 e. The van der Waals surface area contributed by atoms with E-state index in [9.17, 15) is 9.59 Å². The number of hydrogen-bond acceptors (Lipinski definition) is 7. The zero-order chi connectivity index (χ0) is 25.0. The van der Waals surface area contributed by atoms with Gasteiger partial charge in [-0.1, -0.05) is 30.3 Å². The molecule has 8 nitrogen and oxygen atoms in total. The number of ether oxygens (including phenoxy) is 5. The molecule has 35 heavy (non-hydrogen) atoms. The summed E-state index contributed by atoms with van der Waals surface area (Å²) in [5.41, 5.74) is 0.963. The summed E-state index contributed by atoms with van der Waals surface area (Å²) in [4.78, 5) is 25.1. The molecule has 0 radical (unpaired) electrons. The Morgan fingerprint density at radius 3 is 2.26 bits per heavy atom. The average Bonchev–Trinajstić information content (AvgIpc) is 2.90. The van der Waals surface area contributed by atoms with Crippen LogP contribution in [-0.4, -0.2) is 45.9 Å². The number of esters is 1. The van der Waals surface area contributed by atoms with E-state index in [4.69, 9.17) is 23.7 Å². The van der Waals surface area contributed by atoms with E-state index in [1.807, 2.05) is 30.3 Å². The van der Waals surface area contributed by atoms with Gasteiger partial charge in [-0.15, -0.1) is 0 Å². The Balaban J connectivity index is 1.51. The minimum atomic E-state index is -0.661. The molecule has 0 aromatic heterocycles. The van der Waals surface area contributed by atoms with Crippen molar-refractivity contribution in [3.05, 3.63) is 83.9 Å². The third kappa shape index (κ3) is 7.40. The minimum Gasteiger partial charge on any atom is -0.497 e. The number of nitrogens with one attached hydrogen (secondary N) is 1. The molecule has 1 amide bonds. The molecule has 0 aliphatic rings. The van der Waals surface area contributed by atoms with Crippen LogP contribution in [0.5, 0.6) is 23.0 Å². The Bertz CT molecular complexity index is 1120. The van der Waals surface area contributed by atoms with Gasteiger partial charge in [0.05, 0.1) is 20.3 Å². The Hall–Kier alpha value is -4.20. The molecule has 0 fully saturated rings. The summed E-state index contributed by atoms with van der Waals surface area (Å²) in [6, 6.07) is 21.0. The number of rotatable bonds is 12. The van der Waals surface area contributed by atoms with Crippen LogP contribution < -0.4 is 24.3 Å². The maximum atomic E-state index is 12.6. The number of methoxy groups -OCH3 is 2. The van der Waals surface area contributed by atoms with Gasteiger partial charge in [0, 0.05) is 5.56 Å². The quantitative estimate of drug-likeness (QED) is 0.308. The van der Waals surface area contributed by atoms with Crippen molar-refractivity contribution in [1.29, 1.82) is 0 Å². The second kappa shape index (κ2) is 12.9. The van der Waals surface area contributed by atoms with E-state index in [2.05, 4.69) is 5.32 Å². The van der Waals surface area contributed by atoms with Crippen molar-refractivity contribution in [3.63, 3.8) is 0 Å². The SMILES string of the molecule is COc1ccc(OC)c(C(C)NC(=O)COC(=O)c2ccccc2OCCOc2ccccc2)c1. The molecule has 3 aromatic carbocycles. The lowest BCUT2D eigenvalue weighted by molar-refractivity contribution is -0.124. The first-order chi connectivity index (χ1) is 17.0. The molecule has 8 heteroatoms. The zero-order valence-electron chi connectivity index (χ0n) is 20.0. The molecular formula is C27H29NO7. The molecule has 1 unspecified atom stereocenters. The van der Waals surface area contributed by atoms with Crippen LogP contribution in [0.25, 0.3) is 0 Å². The highest BCUT2D eigenvalue weighted by atomic mass is 16.5. The Kier molecular flexibility index (Phi) is 9.36. The van der Waals surface area contributed by atoms with Crippen molar-refractivity contribution in [3.8, 4) is 23.0 Å². The monoisotopic (exact) mass is 479 g/mol. The lowest BCUT2D eigenvalue weighted by atomic mass is 10.1. The summed E-state index contributed by atoms with van der Waals surface area (Å²) >= 11 is 0. The molecule has 0 aliphatic heterocycles. The second-order valence-corrected chi connectivity index (χ2v) is 7.48. The highest BCUT2D eigenvalue weighted by Gasteiger charge is 2.18. The summed E-state index contributed by atoms with van der Waals surface area (Å²) in [6.45, 7) is 1.90. The van der Waals surface area contributed by atoms with Gasteiger partial charge in [-0.3, -0.25) is 4.79 Å². The third-order valence-electron chi connectivity index (χ3n) is 5.08. The number of carbonyl (C=O) groups is 2. The molecule has 184 valence electrons. The summed E-state index contributed by atoms with van der Waals surface area (Å²) in [6.07, 6.45) is 0. The summed E-state index contributed by atoms with van der Waals surface area (Å²) < 4.78 is 27.1. The van der Waals surface area contributed by atoms with E-state index >= 15 is 0 Å². The standard InChI is InChI=1S/C27H29NO7/c1-19(23-17-21(31-2)13-14-24(23)32-3)28-26(29)18-35-27(30)22-11-7-8-12-25(22)34-16-15-33-20-9-5-4-6-10-20/h4-14,17,19H,15-16,18H2,1-3H3,(H,28,29). The van der Waals surface area contributed by atoms with Crippen molar-refractivity contribution in [1.82, 2.24) is 5.32 Å². The molecular weight excluding hydrogens is 450 g/mol. The second-order valence-electron chi connectivity index (χ2n) is 7.48. The first kappa shape index (κ1) is 25.4. The van der Waals surface area contributed by atoms with Gasteiger partial charge >= 0.3 is 5.97 Å². The third-order valence-corrected chi connectivity index (χ3v) is 5.08. The normalized spacial score (nSPS) is 11.2. The van der Waals surface area contributed by atoms with Crippen molar-refractivity contribution in [2.75, 3.05) is 34.0 Å². The van der Waals surface area contributed by atoms with Gasteiger partial charge in [-0.2, -0.15) is 0 Å². The van der Waals surface area contributed by atoms with Crippen molar-refractivity contribution >= 4 is 11.9 Å². The van der Waals surface area contributed by atoms with E-state index in [1.165, 1.54) is 0 Å². The van der Waals surface area contributed by atoms with Crippen LogP contribution in [0.1, 0.15) is 28.9 Å². The summed E-state index contributed by atoms with van der Waals surface area (Å²) in [5.74, 6) is 1.22. The maximum Gasteiger partial charge on any atom is 0.342 e. The molecule has 0 bridgehead atoms. The number of para-hydroxylation sites is 2. The van der Waals surface area contributed by atoms with Crippen LogP contribution in [0.2, 0.25) is 0 Å². The van der Waals surface area contributed by atoms with Gasteiger partial charge in [0.2, 0.25) is 0 Å². The molecule has 0 spiro atoms. The molecule has 1 N–H and O–H groups in total. The fraction of sp³-hybridized carbons (Fsp3) is 0.259. The summed E-state index contributed by atoms with van der Waals surface area (Å²) in [7, 11) is 3.11. The average molecular weight is 480 g/mol.